The van der Waals surface area contributed by atoms with Crippen molar-refractivity contribution in [3.05, 3.63) is 318 Å². The van der Waals surface area contributed by atoms with E-state index in [0.717, 1.165) is 24.2 Å². The Balaban J connectivity index is 0.000000518. The number of allylic oxidation sites excluding steroid dienone is 6. The van der Waals surface area contributed by atoms with Gasteiger partial charge in [0.25, 0.3) is 0 Å². The molecule has 0 spiro atoms. The molecule has 0 fully saturated rings. The molecule has 386 valence electrons. The number of rotatable bonds is 8. The maximum absolute atomic E-state index is 4.06. The molecule has 4 atom stereocenters. The van der Waals surface area contributed by atoms with Crippen molar-refractivity contribution in [3.8, 4) is 33.4 Å². The van der Waals surface area contributed by atoms with E-state index in [9.17, 15) is 0 Å². The van der Waals surface area contributed by atoms with Crippen LogP contribution >= 0.6 is 0 Å². The molecule has 3 aliphatic rings. The summed E-state index contributed by atoms with van der Waals surface area (Å²) in [4.78, 5) is 0. The molecule has 0 saturated carbocycles. The molecule has 4 nitrogen and oxygen atoms in total. The van der Waals surface area contributed by atoms with Crippen LogP contribution in [0.2, 0.25) is 0 Å². The molecule has 0 saturated heterocycles. The van der Waals surface area contributed by atoms with E-state index in [2.05, 4.69) is 252 Å². The number of hydrogen-bond donors (Lipinski definition) is 4. The van der Waals surface area contributed by atoms with Crippen molar-refractivity contribution in [1.29, 1.82) is 0 Å². The highest BCUT2D eigenvalue weighted by Crippen LogP contribution is 2.43. The second-order valence-corrected chi connectivity index (χ2v) is 19.6. The lowest BCUT2D eigenvalue weighted by atomic mass is 9.89. The van der Waals surface area contributed by atoms with Crippen LogP contribution in [0.15, 0.2) is 279 Å². The zero-order valence-corrected chi connectivity index (χ0v) is 45.3. The summed E-state index contributed by atoms with van der Waals surface area (Å²) in [5.41, 5.74) is 19.7. The highest BCUT2D eigenvalue weighted by atomic mass is 15.2. The summed E-state index contributed by atoms with van der Waals surface area (Å²) in [6, 6.07) is 89.6. The Labute approximate surface area is 463 Å². The molecular formula is C74H70N4. The number of fused-ring (bicyclic) bond motifs is 3. The van der Waals surface area contributed by atoms with E-state index >= 15 is 0 Å². The standard InChI is InChI=1S/C62H50N4.C6H6.C4H8.C2H6/c1-3-15-41(16-4-1)47-19-13-21-49(39-47)43-29-33-45(34-30-43)59-55-25-9-11-27-57(55)63-61(65-59)53-37-38-54(52-24-8-7-23-51(52)53)62-64-58-28-12-10-26-56(58)60(66-62)46-35-31-44(32-36-46)50-22-14-20-48(40-50)42-17-5-2-6-18-42;1-2-4-6-5-3-1;1-3-4-2;1-2/h1-5,7-17,19-40,59-66H,6,18H2;1-6H;3-4H,1-2H3;1-2H3/b;;4-3-;. The predicted octanol–water partition coefficient (Wildman–Crippen LogP) is 19.5. The summed E-state index contributed by atoms with van der Waals surface area (Å²) < 4.78 is 0. The Morgan fingerprint density at radius 1 is 0.359 bits per heavy atom. The monoisotopic (exact) mass is 1010 g/mol. The van der Waals surface area contributed by atoms with Gasteiger partial charge >= 0.3 is 0 Å². The van der Waals surface area contributed by atoms with Gasteiger partial charge in [-0.1, -0.05) is 269 Å². The fourth-order valence-corrected chi connectivity index (χ4v) is 10.8. The Hall–Kier alpha value is -8.80. The molecule has 4 unspecified atom stereocenters. The van der Waals surface area contributed by atoms with Crippen molar-refractivity contribution in [2.45, 2.75) is 65.0 Å². The first kappa shape index (κ1) is 52.6. The lowest BCUT2D eigenvalue weighted by molar-refractivity contribution is 0.504. The van der Waals surface area contributed by atoms with E-state index in [1.54, 1.807) is 0 Å². The van der Waals surface area contributed by atoms with E-state index in [-0.39, 0.29) is 24.4 Å². The molecule has 0 radical (unpaired) electrons. The van der Waals surface area contributed by atoms with Gasteiger partial charge in [-0.05, 0) is 140 Å². The molecule has 4 heteroatoms. The molecule has 2 aliphatic heterocycles. The second-order valence-electron chi connectivity index (χ2n) is 19.6. The van der Waals surface area contributed by atoms with Crippen LogP contribution in [-0.4, -0.2) is 0 Å². The van der Waals surface area contributed by atoms with Gasteiger partial charge in [-0.3, -0.25) is 10.6 Å². The van der Waals surface area contributed by atoms with Gasteiger partial charge in [-0.25, -0.2) is 0 Å². The zero-order chi connectivity index (χ0) is 53.5. The van der Waals surface area contributed by atoms with Crippen LogP contribution in [0.1, 0.15) is 104 Å². The summed E-state index contributed by atoms with van der Waals surface area (Å²) >= 11 is 0. The third-order valence-corrected chi connectivity index (χ3v) is 14.8. The van der Waals surface area contributed by atoms with E-state index in [1.165, 1.54) is 88.7 Å². The molecular weight excluding hydrogens is 945 g/mol. The summed E-state index contributed by atoms with van der Waals surface area (Å²) in [5, 5.41) is 18.3. The summed E-state index contributed by atoms with van der Waals surface area (Å²) in [5.74, 6) is 0. The maximum Gasteiger partial charge on any atom is 0.105 e. The average Bonchev–Trinajstić information content (AvgIpc) is 3.55. The van der Waals surface area contributed by atoms with Crippen LogP contribution < -0.4 is 21.3 Å². The van der Waals surface area contributed by atoms with Crippen LogP contribution in [0.3, 0.4) is 0 Å². The third-order valence-electron chi connectivity index (χ3n) is 14.8. The maximum atomic E-state index is 4.06. The fraction of sp³-hybridized carbons (Fsp3) is 0.135. The zero-order valence-electron chi connectivity index (χ0n) is 45.3. The number of anilines is 2. The molecule has 0 bridgehead atoms. The van der Waals surface area contributed by atoms with Crippen LogP contribution in [0.4, 0.5) is 11.4 Å². The topological polar surface area (TPSA) is 48.1 Å². The van der Waals surface area contributed by atoms with Gasteiger partial charge in [0.15, 0.2) is 0 Å². The van der Waals surface area contributed by atoms with Gasteiger partial charge in [0, 0.05) is 11.4 Å². The van der Waals surface area contributed by atoms with Crippen molar-refractivity contribution < 1.29 is 0 Å². The van der Waals surface area contributed by atoms with Crippen molar-refractivity contribution in [1.82, 2.24) is 10.6 Å². The highest BCUT2D eigenvalue weighted by molar-refractivity contribution is 5.90. The summed E-state index contributed by atoms with van der Waals surface area (Å²) in [6.45, 7) is 8.00. The highest BCUT2D eigenvalue weighted by Gasteiger charge is 2.32. The second kappa shape index (κ2) is 25.8. The Bertz CT molecular complexity index is 3600. The molecule has 1 aliphatic carbocycles. The van der Waals surface area contributed by atoms with Gasteiger partial charge in [0.1, 0.15) is 12.3 Å². The minimum atomic E-state index is -0.123. The Morgan fingerprint density at radius 3 is 1.19 bits per heavy atom. The predicted molar refractivity (Wildman–Crippen MR) is 333 cm³/mol. The van der Waals surface area contributed by atoms with Crippen LogP contribution in [-0.2, 0) is 0 Å². The molecule has 2 heterocycles. The van der Waals surface area contributed by atoms with Crippen LogP contribution in [0.5, 0.6) is 0 Å². The number of nitrogens with one attached hydrogen (secondary N) is 4. The van der Waals surface area contributed by atoms with Crippen LogP contribution in [0, 0.1) is 0 Å². The van der Waals surface area contributed by atoms with Gasteiger partial charge in [-0.15, -0.1) is 0 Å². The first-order valence-electron chi connectivity index (χ1n) is 27.8. The van der Waals surface area contributed by atoms with Crippen molar-refractivity contribution >= 4 is 27.7 Å². The molecule has 10 aromatic rings. The molecule has 13 rings (SSSR count). The van der Waals surface area contributed by atoms with Gasteiger partial charge < -0.3 is 10.6 Å². The van der Waals surface area contributed by atoms with E-state index in [0.29, 0.717) is 0 Å². The Kier molecular flexibility index (Phi) is 17.4. The largest absolute Gasteiger partial charge is 0.366 e. The molecule has 78 heavy (non-hydrogen) atoms. The quantitative estimate of drug-likeness (QED) is 0.115. The lowest BCUT2D eigenvalue weighted by Gasteiger charge is -2.37. The SMILES string of the molecule is C/C=C\C.C1=CCCC(c2cccc(-c3ccc(C4NC(c5ccc(C6Nc7ccccc7C(c7ccc(-c8cccc(-c9ccccc9)c8)cc7)N6)c6ccccc56)Nc5ccccc54)cc3)c2)=C1.CC.c1ccccc1. The first-order chi connectivity index (χ1) is 38.6. The third kappa shape index (κ3) is 12.1. The Morgan fingerprint density at radius 2 is 0.744 bits per heavy atom. The minimum absolute atomic E-state index is 0.00318. The van der Waals surface area contributed by atoms with Gasteiger partial charge in [-0.2, -0.15) is 0 Å². The molecule has 0 amide bonds. The first-order valence-corrected chi connectivity index (χ1v) is 27.8. The summed E-state index contributed by atoms with van der Waals surface area (Å²) in [7, 11) is 0. The minimum Gasteiger partial charge on any atom is -0.366 e. The van der Waals surface area contributed by atoms with Crippen molar-refractivity contribution in [3.63, 3.8) is 0 Å². The fourth-order valence-electron chi connectivity index (χ4n) is 10.8. The van der Waals surface area contributed by atoms with Crippen LogP contribution in [0.25, 0.3) is 49.7 Å². The summed E-state index contributed by atoms with van der Waals surface area (Å²) in [6.07, 6.45) is 12.6. The number of para-hydroxylation sites is 2. The lowest BCUT2D eigenvalue weighted by Crippen LogP contribution is -2.38. The van der Waals surface area contributed by atoms with E-state index in [1.807, 2.05) is 76.2 Å². The van der Waals surface area contributed by atoms with E-state index in [4.69, 9.17) is 0 Å². The number of hydrogen-bond acceptors (Lipinski definition) is 4. The van der Waals surface area contributed by atoms with Crippen molar-refractivity contribution in [2.24, 2.45) is 0 Å². The smallest absolute Gasteiger partial charge is 0.105 e. The van der Waals surface area contributed by atoms with Gasteiger partial charge in [0.2, 0.25) is 0 Å². The van der Waals surface area contributed by atoms with Gasteiger partial charge in [0.05, 0.1) is 12.1 Å². The van der Waals surface area contributed by atoms with E-state index < -0.39 is 0 Å². The normalized spacial score (nSPS) is 16.9. The number of benzene rings is 10. The average molecular weight is 1020 g/mol. The van der Waals surface area contributed by atoms with Crippen molar-refractivity contribution in [2.75, 3.05) is 10.6 Å². The molecule has 0 aromatic heterocycles. The molecule has 10 aromatic carbocycles. The molecule has 4 N–H and O–H groups in total.